The van der Waals surface area contributed by atoms with Crippen molar-refractivity contribution in [3.05, 3.63) is 59.8 Å². The van der Waals surface area contributed by atoms with Crippen molar-refractivity contribution in [3.8, 4) is 0 Å². The summed E-state index contributed by atoms with van der Waals surface area (Å²) in [6.07, 6.45) is 3.37. The van der Waals surface area contributed by atoms with Gasteiger partial charge in [0.1, 0.15) is 5.82 Å². The van der Waals surface area contributed by atoms with E-state index >= 15 is 0 Å². The fourth-order valence-corrected chi connectivity index (χ4v) is 1.53. The number of hydrogen-bond acceptors (Lipinski definition) is 2. The van der Waals surface area contributed by atoms with Gasteiger partial charge in [-0.15, -0.1) is 0 Å². The maximum Gasteiger partial charge on any atom is 0.123 e. The largest absolute Gasteiger partial charge is 0.472 e. The minimum Gasteiger partial charge on any atom is -0.472 e. The van der Waals surface area contributed by atoms with Crippen molar-refractivity contribution in [2.45, 2.75) is 19.5 Å². The van der Waals surface area contributed by atoms with Crippen molar-refractivity contribution < 1.29 is 8.81 Å². The standard InChI is InChI=1S/C13H14FNO/c1-10(12-2-4-13(14)5-3-12)15-8-11-6-7-16-9-11/h2-7,9-10,15H,8H2,1H3/t10-/m0/s1. The molecule has 0 saturated heterocycles. The third-order valence-corrected chi connectivity index (χ3v) is 2.56. The van der Waals surface area contributed by atoms with Crippen LogP contribution in [0.3, 0.4) is 0 Å². The molecule has 1 heterocycles. The van der Waals surface area contributed by atoms with Gasteiger partial charge < -0.3 is 9.73 Å². The Hall–Kier alpha value is -1.61. The summed E-state index contributed by atoms with van der Waals surface area (Å²) in [4.78, 5) is 0. The maximum atomic E-state index is 12.7. The second kappa shape index (κ2) is 4.94. The van der Waals surface area contributed by atoms with Crippen LogP contribution in [0.15, 0.2) is 47.3 Å². The molecular formula is C13H14FNO. The van der Waals surface area contributed by atoms with Crippen molar-refractivity contribution in [2.24, 2.45) is 0 Å². The highest BCUT2D eigenvalue weighted by Gasteiger charge is 2.04. The smallest absolute Gasteiger partial charge is 0.123 e. The predicted octanol–water partition coefficient (Wildman–Crippen LogP) is 3.27. The zero-order valence-electron chi connectivity index (χ0n) is 9.11. The van der Waals surface area contributed by atoms with Crippen LogP contribution in [0, 0.1) is 5.82 Å². The van der Waals surface area contributed by atoms with Gasteiger partial charge in [-0.05, 0) is 30.7 Å². The number of furan rings is 1. The molecule has 1 atom stereocenters. The van der Waals surface area contributed by atoms with Gasteiger partial charge in [-0.2, -0.15) is 0 Å². The van der Waals surface area contributed by atoms with Crippen LogP contribution in [0.4, 0.5) is 4.39 Å². The molecule has 0 bridgehead atoms. The molecule has 16 heavy (non-hydrogen) atoms. The molecule has 2 nitrogen and oxygen atoms in total. The molecule has 3 heteroatoms. The molecule has 0 amide bonds. The van der Waals surface area contributed by atoms with Crippen LogP contribution in [0.1, 0.15) is 24.1 Å². The summed E-state index contributed by atoms with van der Waals surface area (Å²) in [5, 5.41) is 3.34. The molecule has 1 aromatic heterocycles. The molecule has 0 aliphatic rings. The first-order chi connectivity index (χ1) is 7.75. The number of nitrogens with one attached hydrogen (secondary N) is 1. The Kier molecular flexibility index (Phi) is 3.37. The highest BCUT2D eigenvalue weighted by Crippen LogP contribution is 2.13. The van der Waals surface area contributed by atoms with Gasteiger partial charge >= 0.3 is 0 Å². The first-order valence-electron chi connectivity index (χ1n) is 5.25. The van der Waals surface area contributed by atoms with Crippen molar-refractivity contribution in [3.63, 3.8) is 0 Å². The average molecular weight is 219 g/mol. The Labute approximate surface area is 94.1 Å². The second-order valence-corrected chi connectivity index (χ2v) is 3.79. The Balaban J connectivity index is 1.93. The lowest BCUT2D eigenvalue weighted by Gasteiger charge is -2.13. The van der Waals surface area contributed by atoms with E-state index in [9.17, 15) is 4.39 Å². The van der Waals surface area contributed by atoms with Gasteiger partial charge in [-0.25, -0.2) is 4.39 Å². The van der Waals surface area contributed by atoms with Gasteiger partial charge in [0.15, 0.2) is 0 Å². The van der Waals surface area contributed by atoms with E-state index < -0.39 is 0 Å². The van der Waals surface area contributed by atoms with Crippen LogP contribution < -0.4 is 5.32 Å². The number of rotatable bonds is 4. The van der Waals surface area contributed by atoms with Crippen LogP contribution in [0.5, 0.6) is 0 Å². The molecule has 2 rings (SSSR count). The predicted molar refractivity (Wildman–Crippen MR) is 60.4 cm³/mol. The molecule has 0 radical (unpaired) electrons. The Morgan fingerprint density at radius 3 is 2.62 bits per heavy atom. The number of benzene rings is 1. The first-order valence-corrected chi connectivity index (χ1v) is 5.25. The fraction of sp³-hybridized carbons (Fsp3) is 0.231. The minimum atomic E-state index is -0.203. The van der Waals surface area contributed by atoms with Crippen molar-refractivity contribution in [2.75, 3.05) is 0 Å². The van der Waals surface area contributed by atoms with Crippen LogP contribution >= 0.6 is 0 Å². The highest BCUT2D eigenvalue weighted by molar-refractivity contribution is 5.19. The van der Waals surface area contributed by atoms with Gasteiger partial charge in [-0.3, -0.25) is 0 Å². The number of halogens is 1. The van der Waals surface area contributed by atoms with E-state index in [0.29, 0.717) is 0 Å². The van der Waals surface area contributed by atoms with Crippen LogP contribution in [-0.4, -0.2) is 0 Å². The van der Waals surface area contributed by atoms with Gasteiger partial charge in [0.05, 0.1) is 12.5 Å². The van der Waals surface area contributed by atoms with Crippen LogP contribution in [-0.2, 0) is 6.54 Å². The normalized spacial score (nSPS) is 12.6. The third-order valence-electron chi connectivity index (χ3n) is 2.56. The van der Waals surface area contributed by atoms with E-state index in [0.717, 1.165) is 17.7 Å². The molecule has 2 aromatic rings. The van der Waals surface area contributed by atoms with E-state index in [-0.39, 0.29) is 11.9 Å². The van der Waals surface area contributed by atoms with E-state index in [2.05, 4.69) is 5.32 Å². The molecule has 0 fully saturated rings. The lowest BCUT2D eigenvalue weighted by Crippen LogP contribution is -2.17. The van der Waals surface area contributed by atoms with E-state index in [1.54, 1.807) is 24.7 Å². The van der Waals surface area contributed by atoms with Crippen LogP contribution in [0.2, 0.25) is 0 Å². The molecule has 0 spiro atoms. The summed E-state index contributed by atoms with van der Waals surface area (Å²) in [7, 11) is 0. The molecular weight excluding hydrogens is 205 g/mol. The minimum absolute atomic E-state index is 0.190. The number of hydrogen-bond donors (Lipinski definition) is 1. The summed E-state index contributed by atoms with van der Waals surface area (Å²) in [5.74, 6) is -0.203. The van der Waals surface area contributed by atoms with E-state index in [1.165, 1.54) is 12.1 Å². The molecule has 1 aromatic carbocycles. The zero-order valence-corrected chi connectivity index (χ0v) is 9.11. The molecule has 0 saturated carbocycles. The van der Waals surface area contributed by atoms with E-state index in [1.807, 2.05) is 13.0 Å². The Morgan fingerprint density at radius 2 is 2.00 bits per heavy atom. The SMILES string of the molecule is C[C@H](NCc1ccoc1)c1ccc(F)cc1. The Morgan fingerprint density at radius 1 is 1.25 bits per heavy atom. The lowest BCUT2D eigenvalue weighted by atomic mass is 10.1. The van der Waals surface area contributed by atoms with Crippen molar-refractivity contribution >= 4 is 0 Å². The summed E-state index contributed by atoms with van der Waals surface area (Å²) in [6.45, 7) is 2.79. The fourth-order valence-electron chi connectivity index (χ4n) is 1.53. The van der Waals surface area contributed by atoms with Crippen LogP contribution in [0.25, 0.3) is 0 Å². The quantitative estimate of drug-likeness (QED) is 0.853. The second-order valence-electron chi connectivity index (χ2n) is 3.79. The molecule has 0 aliphatic heterocycles. The maximum absolute atomic E-state index is 12.7. The van der Waals surface area contributed by atoms with Gasteiger partial charge in [0.2, 0.25) is 0 Å². The zero-order chi connectivity index (χ0) is 11.4. The summed E-state index contributed by atoms with van der Waals surface area (Å²) < 4.78 is 17.7. The van der Waals surface area contributed by atoms with Crippen molar-refractivity contribution in [1.82, 2.24) is 5.32 Å². The first kappa shape index (κ1) is 10.9. The lowest BCUT2D eigenvalue weighted by molar-refractivity contribution is 0.546. The van der Waals surface area contributed by atoms with Gasteiger partial charge in [-0.1, -0.05) is 12.1 Å². The molecule has 84 valence electrons. The molecule has 0 unspecified atom stereocenters. The summed E-state index contributed by atoms with van der Waals surface area (Å²) in [6, 6.07) is 8.65. The molecule has 0 aliphatic carbocycles. The monoisotopic (exact) mass is 219 g/mol. The van der Waals surface area contributed by atoms with Gasteiger partial charge in [0.25, 0.3) is 0 Å². The summed E-state index contributed by atoms with van der Waals surface area (Å²) in [5.41, 5.74) is 2.18. The van der Waals surface area contributed by atoms with E-state index in [4.69, 9.17) is 4.42 Å². The molecule has 1 N–H and O–H groups in total. The van der Waals surface area contributed by atoms with Gasteiger partial charge in [0, 0.05) is 18.2 Å². The average Bonchev–Trinajstić information content (AvgIpc) is 2.80. The third kappa shape index (κ3) is 2.70. The summed E-state index contributed by atoms with van der Waals surface area (Å²) >= 11 is 0. The van der Waals surface area contributed by atoms with Crippen molar-refractivity contribution in [1.29, 1.82) is 0 Å². The topological polar surface area (TPSA) is 25.2 Å². The highest BCUT2D eigenvalue weighted by atomic mass is 19.1. The Bertz CT molecular complexity index is 422.